The van der Waals surface area contributed by atoms with Gasteiger partial charge in [0.1, 0.15) is 5.69 Å². The Bertz CT molecular complexity index is 1450. The van der Waals surface area contributed by atoms with Crippen molar-refractivity contribution in [2.75, 3.05) is 0 Å². The fourth-order valence-electron chi connectivity index (χ4n) is 3.60. The highest BCUT2D eigenvalue weighted by Gasteiger charge is 2.31. The van der Waals surface area contributed by atoms with Crippen molar-refractivity contribution in [1.29, 1.82) is 0 Å². The van der Waals surface area contributed by atoms with Crippen molar-refractivity contribution < 1.29 is 23.1 Å². The van der Waals surface area contributed by atoms with Gasteiger partial charge in [0.05, 0.1) is 16.4 Å². The molecule has 29 heavy (non-hydrogen) atoms. The third-order valence-electron chi connectivity index (χ3n) is 4.96. The average molecular weight is 403 g/mol. The van der Waals surface area contributed by atoms with Crippen LogP contribution in [-0.2, 0) is 10.0 Å². The van der Waals surface area contributed by atoms with E-state index in [4.69, 9.17) is 0 Å². The molecule has 3 aromatic carbocycles. The minimum Gasteiger partial charge on any atom is -0.545 e. The van der Waals surface area contributed by atoms with Crippen LogP contribution < -0.4 is 5.11 Å². The van der Waals surface area contributed by atoms with Gasteiger partial charge in [0.25, 0.3) is 10.0 Å². The number of benzene rings is 3. The lowest BCUT2D eigenvalue weighted by Gasteiger charge is -2.13. The van der Waals surface area contributed by atoms with E-state index in [9.17, 15) is 23.1 Å². The quantitative estimate of drug-likeness (QED) is 0.455. The molecule has 4 aromatic rings. The molecular formula is C21H11N2O5S-. The lowest BCUT2D eigenvalue weighted by molar-refractivity contribution is -0.255. The number of hydrogen-bond donors (Lipinski definition) is 0. The first kappa shape index (κ1) is 17.3. The number of nitrogens with zero attached hydrogens (tertiary/aromatic N) is 2. The highest BCUT2D eigenvalue weighted by Crippen LogP contribution is 2.39. The molecule has 0 unspecified atom stereocenters. The Kier molecular flexibility index (Phi) is 3.50. The van der Waals surface area contributed by atoms with Crippen LogP contribution in [0.1, 0.15) is 26.3 Å². The highest BCUT2D eigenvalue weighted by molar-refractivity contribution is 7.90. The van der Waals surface area contributed by atoms with Crippen molar-refractivity contribution in [2.24, 2.45) is 0 Å². The Hall–Kier alpha value is -3.78. The highest BCUT2D eigenvalue weighted by atomic mass is 32.2. The first-order valence-corrected chi connectivity index (χ1v) is 10.1. The van der Waals surface area contributed by atoms with Gasteiger partial charge in [-0.3, -0.25) is 4.79 Å². The monoisotopic (exact) mass is 403 g/mol. The van der Waals surface area contributed by atoms with Gasteiger partial charge in [-0.2, -0.15) is 17.6 Å². The van der Waals surface area contributed by atoms with E-state index in [1.54, 1.807) is 42.5 Å². The zero-order chi connectivity index (χ0) is 20.3. The Balaban J connectivity index is 1.79. The van der Waals surface area contributed by atoms with Crippen LogP contribution in [0.5, 0.6) is 0 Å². The van der Waals surface area contributed by atoms with Gasteiger partial charge in [-0.1, -0.05) is 48.5 Å². The van der Waals surface area contributed by atoms with Gasteiger partial charge >= 0.3 is 0 Å². The van der Waals surface area contributed by atoms with Crippen LogP contribution in [0.4, 0.5) is 0 Å². The average Bonchev–Trinajstić information content (AvgIpc) is 3.13. The predicted molar refractivity (Wildman–Crippen MR) is 102 cm³/mol. The van der Waals surface area contributed by atoms with Gasteiger partial charge in [0.15, 0.2) is 5.78 Å². The third-order valence-corrected chi connectivity index (χ3v) is 6.56. The summed E-state index contributed by atoms with van der Waals surface area (Å²) in [6, 6.07) is 16.5. The summed E-state index contributed by atoms with van der Waals surface area (Å²) < 4.78 is 27.4. The van der Waals surface area contributed by atoms with Crippen LogP contribution in [0.25, 0.3) is 22.2 Å². The number of carbonyl (C=O) groups is 2. The molecule has 0 amide bonds. The number of hydrogen-bond acceptors (Lipinski definition) is 6. The zero-order valence-electron chi connectivity index (χ0n) is 14.7. The minimum absolute atomic E-state index is 0.122. The standard InChI is InChI=1S/C21H12N2O5S/c24-20-15-5-2-1-4-14(15)19-18-16(20)6-3-7-17(18)23(22-19)29(27,28)13-10-8-12(9-11-13)21(25)26/h1-11H,(H,25,26)/p-1. The second-order valence-corrected chi connectivity index (χ2v) is 8.35. The minimum atomic E-state index is -4.13. The van der Waals surface area contributed by atoms with Crippen LogP contribution in [0.2, 0.25) is 0 Å². The van der Waals surface area contributed by atoms with Crippen molar-refractivity contribution in [3.63, 3.8) is 0 Å². The van der Waals surface area contributed by atoms with E-state index in [-0.39, 0.29) is 21.8 Å². The summed E-state index contributed by atoms with van der Waals surface area (Å²) in [6.45, 7) is 0. The maximum Gasteiger partial charge on any atom is 0.283 e. The largest absolute Gasteiger partial charge is 0.545 e. The number of ketones is 1. The van der Waals surface area contributed by atoms with Crippen LogP contribution >= 0.6 is 0 Å². The number of aromatic nitrogens is 2. The molecule has 5 rings (SSSR count). The summed E-state index contributed by atoms with van der Waals surface area (Å²) in [4.78, 5) is 23.7. The van der Waals surface area contributed by atoms with Crippen LogP contribution in [-0.4, -0.2) is 29.4 Å². The number of rotatable bonds is 3. The Morgan fingerprint density at radius 2 is 1.52 bits per heavy atom. The number of carboxylic acid groups (broad SMARTS) is 1. The molecule has 0 atom stereocenters. The van der Waals surface area contributed by atoms with Crippen molar-refractivity contribution >= 4 is 32.7 Å². The van der Waals surface area contributed by atoms with E-state index >= 15 is 0 Å². The molecule has 0 saturated carbocycles. The predicted octanol–water partition coefficient (Wildman–Crippen LogP) is 1.85. The molecular weight excluding hydrogens is 392 g/mol. The first-order valence-electron chi connectivity index (χ1n) is 8.62. The van der Waals surface area contributed by atoms with Crippen molar-refractivity contribution in [3.05, 3.63) is 83.4 Å². The number of carbonyl (C=O) groups excluding carboxylic acids is 2. The van der Waals surface area contributed by atoms with Gasteiger partial charge in [0.2, 0.25) is 0 Å². The van der Waals surface area contributed by atoms with E-state index in [1.807, 2.05) is 0 Å². The molecule has 1 heterocycles. The summed E-state index contributed by atoms with van der Waals surface area (Å²) in [5, 5.41) is 15.8. The molecule has 142 valence electrons. The summed E-state index contributed by atoms with van der Waals surface area (Å²) >= 11 is 0. The summed E-state index contributed by atoms with van der Waals surface area (Å²) in [5.41, 5.74) is 2.00. The van der Waals surface area contributed by atoms with E-state index in [2.05, 4.69) is 5.10 Å². The second kappa shape index (κ2) is 5.86. The van der Waals surface area contributed by atoms with Crippen LogP contribution in [0.15, 0.2) is 71.6 Å². The molecule has 1 aliphatic rings. The maximum absolute atomic E-state index is 13.2. The topological polar surface area (TPSA) is 109 Å². The third kappa shape index (κ3) is 2.36. The van der Waals surface area contributed by atoms with Gasteiger partial charge in [-0.25, -0.2) is 0 Å². The van der Waals surface area contributed by atoms with E-state index in [0.29, 0.717) is 27.8 Å². The Morgan fingerprint density at radius 3 is 2.21 bits per heavy atom. The SMILES string of the molecule is O=C([O-])c1ccc(S(=O)(=O)n2nc3c4c(cccc42)C(=O)c2ccccc2-3)cc1. The molecule has 1 aliphatic carbocycles. The molecule has 0 radical (unpaired) electrons. The van der Waals surface area contributed by atoms with Gasteiger partial charge in [0, 0.05) is 22.1 Å². The molecule has 0 bridgehead atoms. The van der Waals surface area contributed by atoms with E-state index in [1.165, 1.54) is 12.1 Å². The molecule has 0 saturated heterocycles. The summed E-state index contributed by atoms with van der Waals surface area (Å²) in [7, 11) is -4.13. The van der Waals surface area contributed by atoms with Crippen molar-refractivity contribution in [1.82, 2.24) is 9.19 Å². The smallest absolute Gasteiger partial charge is 0.283 e. The summed E-state index contributed by atoms with van der Waals surface area (Å²) in [5.74, 6) is -1.58. The number of carboxylic acids is 1. The lowest BCUT2D eigenvalue weighted by Crippen LogP contribution is -2.22. The van der Waals surface area contributed by atoms with E-state index in [0.717, 1.165) is 16.2 Å². The Labute approximate surface area is 164 Å². The molecule has 0 spiro atoms. The zero-order valence-corrected chi connectivity index (χ0v) is 15.5. The normalized spacial score (nSPS) is 12.8. The molecule has 0 N–H and O–H groups in total. The molecule has 1 aromatic heterocycles. The molecule has 7 nitrogen and oxygen atoms in total. The Morgan fingerprint density at radius 1 is 0.862 bits per heavy atom. The van der Waals surface area contributed by atoms with E-state index < -0.39 is 16.0 Å². The number of fused-ring (bicyclic) bond motifs is 2. The fraction of sp³-hybridized carbons (Fsp3) is 0. The molecule has 0 fully saturated rings. The first-order chi connectivity index (χ1) is 13.9. The second-order valence-electron chi connectivity index (χ2n) is 6.58. The van der Waals surface area contributed by atoms with Gasteiger partial charge in [-0.05, 0) is 23.8 Å². The van der Waals surface area contributed by atoms with Crippen molar-refractivity contribution in [2.45, 2.75) is 4.90 Å². The molecule has 0 aliphatic heterocycles. The van der Waals surface area contributed by atoms with Gasteiger partial charge in [-0.15, -0.1) is 0 Å². The van der Waals surface area contributed by atoms with Gasteiger partial charge < -0.3 is 9.90 Å². The van der Waals surface area contributed by atoms with Crippen LogP contribution in [0.3, 0.4) is 0 Å². The number of aromatic carboxylic acids is 1. The maximum atomic E-state index is 13.2. The molecule has 8 heteroatoms. The fourth-order valence-corrected chi connectivity index (χ4v) is 4.88. The summed E-state index contributed by atoms with van der Waals surface area (Å²) in [6.07, 6.45) is 0. The van der Waals surface area contributed by atoms with Crippen molar-refractivity contribution in [3.8, 4) is 11.3 Å². The lowest BCUT2D eigenvalue weighted by atomic mass is 9.87. The van der Waals surface area contributed by atoms with Crippen LogP contribution in [0, 0.1) is 0 Å².